The van der Waals surface area contributed by atoms with Gasteiger partial charge in [0.2, 0.25) is 0 Å². The number of benzene rings is 1. The van der Waals surface area contributed by atoms with Crippen molar-refractivity contribution in [3.63, 3.8) is 0 Å². The van der Waals surface area contributed by atoms with Gasteiger partial charge in [0.1, 0.15) is 0 Å². The van der Waals surface area contributed by atoms with Crippen LogP contribution in [0.5, 0.6) is 0 Å². The van der Waals surface area contributed by atoms with Gasteiger partial charge in [0, 0.05) is 16.6 Å². The quantitative estimate of drug-likeness (QED) is 0.348. The molecule has 13 heteroatoms. The lowest BCUT2D eigenvalue weighted by atomic mass is 10.1. The summed E-state index contributed by atoms with van der Waals surface area (Å²) in [6.45, 7) is 5.29. The maximum absolute atomic E-state index is 13.4. The molecule has 0 bridgehead atoms. The Balaban J connectivity index is 1.95. The van der Waals surface area contributed by atoms with E-state index in [1.807, 2.05) is 6.92 Å². The van der Waals surface area contributed by atoms with Crippen molar-refractivity contribution >= 4 is 45.8 Å². The highest BCUT2D eigenvalue weighted by Crippen LogP contribution is 2.48. The first-order chi connectivity index (χ1) is 16.1. The second-order valence-electron chi connectivity index (χ2n) is 7.06. The van der Waals surface area contributed by atoms with Crippen LogP contribution in [-0.4, -0.2) is 54.6 Å². The van der Waals surface area contributed by atoms with Crippen molar-refractivity contribution in [1.29, 1.82) is 0 Å². The van der Waals surface area contributed by atoms with E-state index in [0.717, 1.165) is 9.18 Å². The third kappa shape index (κ3) is 5.59. The van der Waals surface area contributed by atoms with E-state index in [1.165, 1.54) is 41.7 Å². The van der Waals surface area contributed by atoms with Gasteiger partial charge < -0.3 is 14.2 Å². The number of nitrogens with zero attached hydrogens (tertiary/aromatic N) is 2. The summed E-state index contributed by atoms with van der Waals surface area (Å²) in [5, 5.41) is 13.7. The van der Waals surface area contributed by atoms with Crippen molar-refractivity contribution in [1.82, 2.24) is 9.29 Å². The number of amides is 1. The van der Waals surface area contributed by atoms with Crippen LogP contribution in [0.4, 0.5) is 5.13 Å². The molecule has 2 aromatic rings. The number of rotatable bonds is 10. The number of aliphatic hydroxyl groups excluding tert-OH is 1. The second-order valence-corrected chi connectivity index (χ2v) is 12.2. The highest BCUT2D eigenvalue weighted by molar-refractivity contribution is 7.89. The third-order valence-electron chi connectivity index (χ3n) is 4.66. The minimum atomic E-state index is -4.18. The number of aryl methyl sites for hydroxylation is 1. The molecule has 1 amide bonds. The molecule has 0 spiro atoms. The fraction of sp³-hybridized carbons (Fsp3) is 0.333. The molecule has 2 heterocycles. The summed E-state index contributed by atoms with van der Waals surface area (Å²) in [4.78, 5) is 17.9. The molecule has 0 saturated heterocycles. The van der Waals surface area contributed by atoms with E-state index in [2.05, 4.69) is 10.3 Å². The molecule has 34 heavy (non-hydrogen) atoms. The Morgan fingerprint density at radius 3 is 2.53 bits per heavy atom. The number of carbonyl (C=O) groups is 1. The van der Waals surface area contributed by atoms with Gasteiger partial charge in [-0.15, -0.1) is 11.3 Å². The number of allylic oxidation sites excluding steroid dienone is 1. The van der Waals surface area contributed by atoms with Crippen LogP contribution in [0, 0.1) is 6.92 Å². The topological polar surface area (TPSA) is 135 Å². The average Bonchev–Trinajstić information content (AvgIpc) is 3.19. The molecule has 0 atom stereocenters. The number of hydrogen-bond donors (Lipinski definition) is 2. The van der Waals surface area contributed by atoms with Gasteiger partial charge in [-0.3, -0.25) is 19.0 Å². The third-order valence-corrected chi connectivity index (χ3v) is 9.27. The molecule has 1 aliphatic heterocycles. The standard InChI is InChI=1S/C21H26N3O7PS2/c1-4-30-32(27,31-5-2)13-9-8-12-24-18(20(26)23-21-22-14-15(3)33-21)19(25)16-10-6-7-11-17(16)34(24,28)29/h6-11,14,25H,4-5,12-13H2,1-3H3,(H,22,23,26)/b9-8+. The number of sulfonamides is 1. The highest BCUT2D eigenvalue weighted by atomic mass is 32.2. The molecular weight excluding hydrogens is 501 g/mol. The van der Waals surface area contributed by atoms with Gasteiger partial charge in [-0.25, -0.2) is 13.4 Å². The lowest BCUT2D eigenvalue weighted by molar-refractivity contribution is -0.113. The zero-order valence-electron chi connectivity index (χ0n) is 18.9. The fourth-order valence-corrected chi connectivity index (χ4v) is 7.02. The van der Waals surface area contributed by atoms with Gasteiger partial charge in [-0.2, -0.15) is 0 Å². The van der Waals surface area contributed by atoms with E-state index in [9.17, 15) is 22.9 Å². The van der Waals surface area contributed by atoms with Crippen LogP contribution in [0.3, 0.4) is 0 Å². The number of anilines is 1. The Morgan fingerprint density at radius 1 is 1.24 bits per heavy atom. The van der Waals surface area contributed by atoms with Crippen LogP contribution < -0.4 is 5.32 Å². The molecule has 1 aromatic carbocycles. The predicted octanol–water partition coefficient (Wildman–Crippen LogP) is 4.14. The first kappa shape index (κ1) is 26.1. The van der Waals surface area contributed by atoms with Crippen molar-refractivity contribution in [2.24, 2.45) is 0 Å². The Kier molecular flexibility index (Phi) is 8.32. The summed E-state index contributed by atoms with van der Waals surface area (Å²) < 4.78 is 50.6. The van der Waals surface area contributed by atoms with Crippen molar-refractivity contribution in [3.05, 3.63) is 58.8 Å². The van der Waals surface area contributed by atoms with Crippen molar-refractivity contribution in [3.8, 4) is 0 Å². The first-order valence-electron chi connectivity index (χ1n) is 10.4. The fourth-order valence-electron chi connectivity index (χ4n) is 3.26. The molecular formula is C21H26N3O7PS2. The summed E-state index contributed by atoms with van der Waals surface area (Å²) in [6, 6.07) is 5.88. The SMILES string of the molecule is CCOP(=O)(C/C=C/CN1C(C(=O)Nc2ncc(C)s2)=C(O)c2ccccc2S1(=O)=O)OCC. The van der Waals surface area contributed by atoms with Gasteiger partial charge >= 0.3 is 7.60 Å². The number of carbonyl (C=O) groups excluding carboxylic acids is 1. The number of thiazole rings is 1. The molecule has 1 aromatic heterocycles. The minimum absolute atomic E-state index is 0.0281. The van der Waals surface area contributed by atoms with E-state index in [4.69, 9.17) is 9.05 Å². The summed E-state index contributed by atoms with van der Waals surface area (Å²) in [7, 11) is -7.55. The molecule has 2 N–H and O–H groups in total. The van der Waals surface area contributed by atoms with Crippen LogP contribution in [0.25, 0.3) is 5.76 Å². The van der Waals surface area contributed by atoms with Crippen molar-refractivity contribution < 1.29 is 31.9 Å². The zero-order valence-corrected chi connectivity index (χ0v) is 21.5. The zero-order chi connectivity index (χ0) is 24.9. The van der Waals surface area contributed by atoms with Crippen LogP contribution in [-0.2, 0) is 28.4 Å². The van der Waals surface area contributed by atoms with Crippen LogP contribution >= 0.6 is 18.9 Å². The minimum Gasteiger partial charge on any atom is -0.505 e. The molecule has 0 fully saturated rings. The lowest BCUT2D eigenvalue weighted by Crippen LogP contribution is -2.40. The summed E-state index contributed by atoms with van der Waals surface area (Å²) in [5.74, 6) is -1.30. The molecule has 10 nitrogen and oxygen atoms in total. The molecule has 0 saturated carbocycles. The highest BCUT2D eigenvalue weighted by Gasteiger charge is 2.39. The lowest BCUT2D eigenvalue weighted by Gasteiger charge is -2.30. The van der Waals surface area contributed by atoms with E-state index in [-0.39, 0.29) is 41.5 Å². The van der Waals surface area contributed by atoms with Crippen LogP contribution in [0.2, 0.25) is 0 Å². The summed E-state index contributed by atoms with van der Waals surface area (Å²) in [5.41, 5.74) is -0.408. The number of nitrogens with one attached hydrogen (secondary N) is 1. The molecule has 0 aliphatic carbocycles. The predicted molar refractivity (Wildman–Crippen MR) is 130 cm³/mol. The van der Waals surface area contributed by atoms with E-state index in [0.29, 0.717) is 0 Å². The molecule has 1 aliphatic rings. The molecule has 0 radical (unpaired) electrons. The maximum atomic E-state index is 13.4. The van der Waals surface area contributed by atoms with Gasteiger partial charge in [0.25, 0.3) is 15.9 Å². The van der Waals surface area contributed by atoms with E-state index in [1.54, 1.807) is 26.1 Å². The molecule has 184 valence electrons. The Bertz CT molecular complexity index is 1260. The van der Waals surface area contributed by atoms with Gasteiger partial charge in [0.15, 0.2) is 16.6 Å². The number of aliphatic hydroxyl groups is 1. The smallest absolute Gasteiger partial charge is 0.334 e. The Morgan fingerprint density at radius 2 is 1.91 bits per heavy atom. The van der Waals surface area contributed by atoms with E-state index < -0.39 is 35.0 Å². The largest absolute Gasteiger partial charge is 0.505 e. The van der Waals surface area contributed by atoms with Crippen molar-refractivity contribution in [2.75, 3.05) is 31.2 Å². The molecule has 3 rings (SSSR count). The van der Waals surface area contributed by atoms with Gasteiger partial charge in [-0.1, -0.05) is 24.3 Å². The summed E-state index contributed by atoms with van der Waals surface area (Å²) in [6.07, 6.45) is 4.40. The van der Waals surface area contributed by atoms with Crippen LogP contribution in [0.1, 0.15) is 24.3 Å². The molecule has 0 unspecified atom stereocenters. The number of aromatic nitrogens is 1. The summed E-state index contributed by atoms with van der Waals surface area (Å²) >= 11 is 1.21. The monoisotopic (exact) mass is 527 g/mol. The maximum Gasteiger partial charge on any atom is 0.334 e. The normalized spacial score (nSPS) is 15.6. The average molecular weight is 528 g/mol. The Hall–Kier alpha value is -2.50. The second kappa shape index (κ2) is 10.8. The number of hydrogen-bond acceptors (Lipinski definition) is 9. The van der Waals surface area contributed by atoms with E-state index >= 15 is 0 Å². The first-order valence-corrected chi connectivity index (χ1v) is 14.4. The van der Waals surface area contributed by atoms with Gasteiger partial charge in [0.05, 0.1) is 30.8 Å². The van der Waals surface area contributed by atoms with Gasteiger partial charge in [-0.05, 0) is 32.9 Å². The van der Waals surface area contributed by atoms with Crippen LogP contribution in [0.15, 0.2) is 53.2 Å². The van der Waals surface area contributed by atoms with Crippen molar-refractivity contribution in [2.45, 2.75) is 25.7 Å². The number of fused-ring (bicyclic) bond motifs is 1. The Labute approximate surface area is 202 Å².